The van der Waals surface area contributed by atoms with E-state index >= 15 is 0 Å². The van der Waals surface area contributed by atoms with E-state index in [-0.39, 0.29) is 28.6 Å². The second-order valence-corrected chi connectivity index (χ2v) is 5.81. The van der Waals surface area contributed by atoms with Gasteiger partial charge in [0.25, 0.3) is 10.1 Å². The summed E-state index contributed by atoms with van der Waals surface area (Å²) in [6, 6.07) is 9.72. The number of hydrogen-bond donors (Lipinski definition) is 2. The molecule has 0 aromatic heterocycles. The molecule has 7 heteroatoms. The van der Waals surface area contributed by atoms with E-state index in [0.717, 1.165) is 12.1 Å². The molecule has 0 atom stereocenters. The topological polar surface area (TPSA) is 124 Å². The van der Waals surface area contributed by atoms with Gasteiger partial charge in [-0.25, -0.2) is 0 Å². The molecule has 1 aliphatic carbocycles. The van der Waals surface area contributed by atoms with Crippen molar-refractivity contribution in [3.63, 3.8) is 0 Å². The van der Waals surface area contributed by atoms with Gasteiger partial charge in [0.1, 0.15) is 0 Å². The normalized spacial score (nSPS) is 13.2. The zero-order chi connectivity index (χ0) is 14.5. The lowest BCUT2D eigenvalue weighted by Gasteiger charge is -2.17. The summed E-state index contributed by atoms with van der Waals surface area (Å²) in [4.78, 5) is 24.1. The summed E-state index contributed by atoms with van der Waals surface area (Å²) >= 11 is 0. The Labute approximate surface area is 120 Å². The smallest absolute Gasteiger partial charge is 0.294 e. The van der Waals surface area contributed by atoms with Gasteiger partial charge in [0.2, 0.25) is 0 Å². The van der Waals surface area contributed by atoms with Crippen molar-refractivity contribution >= 4 is 21.7 Å². The van der Waals surface area contributed by atoms with Crippen molar-refractivity contribution in [2.24, 2.45) is 0 Å². The molecule has 0 fully saturated rings. The van der Waals surface area contributed by atoms with Crippen LogP contribution in [0.25, 0.3) is 0 Å². The molecule has 0 bridgehead atoms. The lowest BCUT2D eigenvalue weighted by Crippen LogP contribution is -2.21. The SMILES string of the molecule is N.O=C1c2ccccc2C(=O)c2cc(S(=O)(=O)O)ccc21. The van der Waals surface area contributed by atoms with Crippen LogP contribution < -0.4 is 6.15 Å². The Morgan fingerprint density at radius 2 is 1.24 bits per heavy atom. The molecule has 0 saturated carbocycles. The van der Waals surface area contributed by atoms with E-state index in [0.29, 0.717) is 5.56 Å². The van der Waals surface area contributed by atoms with Crippen LogP contribution >= 0.6 is 0 Å². The van der Waals surface area contributed by atoms with Crippen molar-refractivity contribution in [1.82, 2.24) is 6.15 Å². The average molecular weight is 305 g/mol. The van der Waals surface area contributed by atoms with Crippen LogP contribution in [0.15, 0.2) is 47.4 Å². The van der Waals surface area contributed by atoms with Crippen LogP contribution in [0.2, 0.25) is 0 Å². The molecule has 0 heterocycles. The average Bonchev–Trinajstić information content (AvgIpc) is 2.43. The van der Waals surface area contributed by atoms with Crippen molar-refractivity contribution in [2.45, 2.75) is 4.90 Å². The third-order valence-corrected chi connectivity index (χ3v) is 4.04. The standard InChI is InChI=1S/C14H8O5S.H3N/c15-13-9-3-1-2-4-10(9)14(16)12-7-8(20(17,18)19)5-6-11(12)13;/h1-7H,(H,17,18,19);1H3. The van der Waals surface area contributed by atoms with E-state index in [1.54, 1.807) is 18.2 Å². The fourth-order valence-corrected chi connectivity index (χ4v) is 2.75. The minimum absolute atomic E-state index is 0. The zero-order valence-electron chi connectivity index (χ0n) is 10.7. The second-order valence-electron chi connectivity index (χ2n) is 4.39. The molecule has 2 aromatic carbocycles. The van der Waals surface area contributed by atoms with Crippen molar-refractivity contribution < 1.29 is 22.6 Å². The Morgan fingerprint density at radius 1 is 0.762 bits per heavy atom. The van der Waals surface area contributed by atoms with E-state index in [2.05, 4.69) is 0 Å². The maximum Gasteiger partial charge on any atom is 0.294 e. The molecule has 0 saturated heterocycles. The highest BCUT2D eigenvalue weighted by molar-refractivity contribution is 7.85. The fraction of sp³-hybridized carbons (Fsp3) is 0. The van der Waals surface area contributed by atoms with Crippen LogP contribution in [-0.4, -0.2) is 24.5 Å². The zero-order valence-corrected chi connectivity index (χ0v) is 11.6. The van der Waals surface area contributed by atoms with E-state index in [1.807, 2.05) is 0 Å². The number of carbonyl (C=O) groups excluding carboxylic acids is 2. The van der Waals surface area contributed by atoms with Gasteiger partial charge in [-0.2, -0.15) is 8.42 Å². The largest absolute Gasteiger partial charge is 0.344 e. The van der Waals surface area contributed by atoms with Crippen LogP contribution in [0.1, 0.15) is 31.8 Å². The minimum atomic E-state index is -4.42. The van der Waals surface area contributed by atoms with Crippen molar-refractivity contribution in [1.29, 1.82) is 0 Å². The molecule has 4 N–H and O–H groups in total. The van der Waals surface area contributed by atoms with Crippen molar-refractivity contribution in [3.05, 3.63) is 64.7 Å². The second kappa shape index (κ2) is 4.88. The molecular weight excluding hydrogens is 294 g/mol. The maximum absolute atomic E-state index is 12.3. The Morgan fingerprint density at radius 3 is 1.76 bits per heavy atom. The summed E-state index contributed by atoms with van der Waals surface area (Å²) in [5.74, 6) is -0.766. The number of rotatable bonds is 1. The fourth-order valence-electron chi connectivity index (χ4n) is 2.24. The lowest BCUT2D eigenvalue weighted by atomic mass is 9.84. The van der Waals surface area contributed by atoms with E-state index in [4.69, 9.17) is 4.55 Å². The predicted molar refractivity (Wildman–Crippen MR) is 74.6 cm³/mol. The van der Waals surface area contributed by atoms with Crippen LogP contribution in [0.3, 0.4) is 0 Å². The van der Waals surface area contributed by atoms with Gasteiger partial charge >= 0.3 is 0 Å². The highest BCUT2D eigenvalue weighted by atomic mass is 32.2. The summed E-state index contributed by atoms with van der Waals surface area (Å²) in [7, 11) is -4.42. The van der Waals surface area contributed by atoms with Crippen LogP contribution in [0.4, 0.5) is 0 Å². The third kappa shape index (κ3) is 2.27. The first-order valence-corrected chi connectivity index (χ1v) is 7.13. The monoisotopic (exact) mass is 305 g/mol. The van der Waals surface area contributed by atoms with Crippen molar-refractivity contribution in [3.8, 4) is 0 Å². The van der Waals surface area contributed by atoms with Crippen LogP contribution in [0.5, 0.6) is 0 Å². The van der Waals surface area contributed by atoms with Gasteiger partial charge in [0.15, 0.2) is 11.6 Å². The first-order valence-electron chi connectivity index (χ1n) is 5.69. The van der Waals surface area contributed by atoms with Crippen LogP contribution in [-0.2, 0) is 10.1 Å². The molecule has 2 aromatic rings. The molecule has 6 nitrogen and oxygen atoms in total. The number of fused-ring (bicyclic) bond motifs is 2. The molecule has 0 spiro atoms. The van der Waals surface area contributed by atoms with Gasteiger partial charge in [-0.1, -0.05) is 24.3 Å². The van der Waals surface area contributed by atoms with E-state index < -0.39 is 20.8 Å². The van der Waals surface area contributed by atoms with Gasteiger partial charge < -0.3 is 6.15 Å². The lowest BCUT2D eigenvalue weighted by molar-refractivity contribution is 0.0979. The molecule has 0 radical (unpaired) electrons. The quantitative estimate of drug-likeness (QED) is 0.661. The highest BCUT2D eigenvalue weighted by Crippen LogP contribution is 2.28. The Hall–Kier alpha value is -2.35. The Balaban J connectivity index is 0.00000161. The summed E-state index contributed by atoms with van der Waals surface area (Å²) in [5.41, 5.74) is 0.659. The molecular formula is C14H11NO5S. The third-order valence-electron chi connectivity index (χ3n) is 3.19. The molecule has 108 valence electrons. The first-order chi connectivity index (χ1) is 9.39. The minimum Gasteiger partial charge on any atom is -0.344 e. The summed E-state index contributed by atoms with van der Waals surface area (Å²) < 4.78 is 31.2. The maximum atomic E-state index is 12.3. The molecule has 0 aliphatic heterocycles. The number of carbonyl (C=O) groups is 2. The summed E-state index contributed by atoms with van der Waals surface area (Å²) in [5, 5.41) is 0. The highest BCUT2D eigenvalue weighted by Gasteiger charge is 2.30. The summed E-state index contributed by atoms with van der Waals surface area (Å²) in [6.45, 7) is 0. The van der Waals surface area contributed by atoms with Gasteiger partial charge in [-0.3, -0.25) is 14.1 Å². The number of benzene rings is 2. The van der Waals surface area contributed by atoms with Gasteiger partial charge in [0, 0.05) is 22.3 Å². The van der Waals surface area contributed by atoms with E-state index in [1.165, 1.54) is 12.1 Å². The van der Waals surface area contributed by atoms with Crippen molar-refractivity contribution in [2.75, 3.05) is 0 Å². The number of ketones is 2. The van der Waals surface area contributed by atoms with Gasteiger partial charge in [-0.05, 0) is 18.2 Å². The molecule has 0 unspecified atom stereocenters. The molecule has 1 aliphatic rings. The predicted octanol–water partition coefficient (Wildman–Crippen LogP) is 1.87. The Bertz CT molecular complexity index is 871. The molecule has 0 amide bonds. The molecule has 3 rings (SSSR count). The molecule has 21 heavy (non-hydrogen) atoms. The summed E-state index contributed by atoms with van der Waals surface area (Å²) in [6.07, 6.45) is 0. The Kier molecular flexibility index (Phi) is 3.50. The van der Waals surface area contributed by atoms with E-state index in [9.17, 15) is 18.0 Å². The van der Waals surface area contributed by atoms with Gasteiger partial charge in [-0.15, -0.1) is 0 Å². The number of hydrogen-bond acceptors (Lipinski definition) is 5. The van der Waals surface area contributed by atoms with Crippen LogP contribution in [0, 0.1) is 0 Å². The van der Waals surface area contributed by atoms with Gasteiger partial charge in [0.05, 0.1) is 4.90 Å². The first kappa shape index (κ1) is 15.0.